The molecule has 1 aromatic heterocycles. The molecule has 0 atom stereocenters. The fourth-order valence-electron chi connectivity index (χ4n) is 1.45. The quantitative estimate of drug-likeness (QED) is 0.883. The number of nitrogens with two attached hydrogens (primary N) is 1. The highest BCUT2D eigenvalue weighted by Gasteiger charge is 2.18. The smallest absolute Gasteiger partial charge is 0.227 e. The van der Waals surface area contributed by atoms with E-state index < -0.39 is 9.84 Å². The summed E-state index contributed by atoms with van der Waals surface area (Å²) >= 11 is 0. The van der Waals surface area contributed by atoms with Gasteiger partial charge >= 0.3 is 0 Å². The monoisotopic (exact) mass is 303 g/mol. The summed E-state index contributed by atoms with van der Waals surface area (Å²) in [4.78, 5) is 4.22. The van der Waals surface area contributed by atoms with E-state index in [2.05, 4.69) is 10.1 Å². The van der Waals surface area contributed by atoms with Crippen molar-refractivity contribution < 1.29 is 12.9 Å². The van der Waals surface area contributed by atoms with E-state index in [4.69, 9.17) is 10.3 Å². The summed E-state index contributed by atoms with van der Waals surface area (Å²) < 4.78 is 28.9. The molecular weight excluding hydrogens is 290 g/mol. The lowest BCUT2D eigenvalue weighted by Gasteiger charge is -2.00. The molecule has 0 saturated heterocycles. The first kappa shape index (κ1) is 15.6. The van der Waals surface area contributed by atoms with Crippen LogP contribution in [0.5, 0.6) is 0 Å². The van der Waals surface area contributed by atoms with E-state index >= 15 is 0 Å². The Balaban J connectivity index is 0.00000180. The molecule has 8 heteroatoms. The first-order valence-electron chi connectivity index (χ1n) is 5.41. The number of hydrogen-bond acceptors (Lipinski definition) is 6. The van der Waals surface area contributed by atoms with Crippen LogP contribution in [0.25, 0.3) is 0 Å². The average Bonchev–Trinajstić information content (AvgIpc) is 2.77. The molecule has 2 rings (SSSR count). The molecule has 0 radical (unpaired) electrons. The van der Waals surface area contributed by atoms with E-state index in [1.54, 1.807) is 18.2 Å². The minimum atomic E-state index is -3.43. The lowest BCUT2D eigenvalue weighted by atomic mass is 10.4. The Bertz CT molecular complexity index is 613. The van der Waals surface area contributed by atoms with Crippen molar-refractivity contribution in [3.05, 3.63) is 42.0 Å². The fraction of sp³-hybridized carbons (Fsp3) is 0.273. The zero-order valence-electron chi connectivity index (χ0n) is 10.0. The molecular formula is C11H14ClN3O3S. The third-order valence-electron chi connectivity index (χ3n) is 2.29. The molecule has 0 unspecified atom stereocenters. The zero-order valence-corrected chi connectivity index (χ0v) is 11.7. The molecule has 1 aromatic carbocycles. The van der Waals surface area contributed by atoms with Gasteiger partial charge in [-0.25, -0.2) is 8.42 Å². The molecule has 0 saturated carbocycles. The van der Waals surface area contributed by atoms with E-state index in [0.29, 0.717) is 18.9 Å². The van der Waals surface area contributed by atoms with Gasteiger partial charge in [-0.05, 0) is 12.1 Å². The summed E-state index contributed by atoms with van der Waals surface area (Å²) in [5, 5.41) is 3.62. The summed E-state index contributed by atoms with van der Waals surface area (Å²) in [5.74, 6) is 0.239. The topological polar surface area (TPSA) is 99.1 Å². The Morgan fingerprint density at radius 1 is 1.21 bits per heavy atom. The van der Waals surface area contributed by atoms with E-state index in [-0.39, 0.29) is 28.9 Å². The molecule has 0 aliphatic carbocycles. The number of sulfone groups is 1. The van der Waals surface area contributed by atoms with Gasteiger partial charge in [0.05, 0.1) is 4.90 Å². The Kier molecular flexibility index (Phi) is 5.46. The van der Waals surface area contributed by atoms with Crippen LogP contribution in [-0.4, -0.2) is 25.1 Å². The Morgan fingerprint density at radius 2 is 1.89 bits per heavy atom. The number of hydrogen-bond donors (Lipinski definition) is 1. The van der Waals surface area contributed by atoms with Crippen molar-refractivity contribution in [3.8, 4) is 0 Å². The molecule has 2 aromatic rings. The van der Waals surface area contributed by atoms with Gasteiger partial charge in [-0.1, -0.05) is 23.4 Å². The van der Waals surface area contributed by atoms with Crippen molar-refractivity contribution in [1.29, 1.82) is 0 Å². The van der Waals surface area contributed by atoms with Crippen molar-refractivity contribution in [2.45, 2.75) is 17.1 Å². The first-order valence-corrected chi connectivity index (χ1v) is 7.06. The lowest BCUT2D eigenvalue weighted by Crippen LogP contribution is -2.07. The molecule has 2 N–H and O–H groups in total. The third-order valence-corrected chi connectivity index (χ3v) is 3.92. The average molecular weight is 304 g/mol. The molecule has 0 fully saturated rings. The maximum absolute atomic E-state index is 12.0. The van der Waals surface area contributed by atoms with Gasteiger partial charge in [0.2, 0.25) is 5.89 Å². The number of nitrogens with zero attached hydrogens (tertiary/aromatic N) is 2. The number of benzene rings is 1. The molecule has 19 heavy (non-hydrogen) atoms. The zero-order chi connectivity index (χ0) is 13.0. The van der Waals surface area contributed by atoms with E-state index in [9.17, 15) is 8.42 Å². The highest BCUT2D eigenvalue weighted by molar-refractivity contribution is 7.90. The summed E-state index contributed by atoms with van der Waals surface area (Å²) in [7, 11) is -3.43. The Hall–Kier alpha value is -1.44. The molecule has 0 amide bonds. The minimum Gasteiger partial charge on any atom is -0.339 e. The molecule has 6 nitrogen and oxygen atoms in total. The van der Waals surface area contributed by atoms with Crippen LogP contribution in [0.2, 0.25) is 0 Å². The van der Waals surface area contributed by atoms with Crippen LogP contribution in [0, 0.1) is 0 Å². The second-order valence-electron chi connectivity index (χ2n) is 3.72. The predicted octanol–water partition coefficient (Wildman–Crippen LogP) is 0.966. The summed E-state index contributed by atoms with van der Waals surface area (Å²) in [6.45, 7) is 0.382. The van der Waals surface area contributed by atoms with E-state index in [1.807, 2.05) is 0 Å². The van der Waals surface area contributed by atoms with Gasteiger partial charge < -0.3 is 10.3 Å². The van der Waals surface area contributed by atoms with E-state index in [0.717, 1.165) is 0 Å². The number of halogens is 1. The van der Waals surface area contributed by atoms with Gasteiger partial charge in [0, 0.05) is 13.0 Å². The third kappa shape index (κ3) is 4.02. The van der Waals surface area contributed by atoms with Crippen molar-refractivity contribution in [2.75, 3.05) is 6.54 Å². The highest BCUT2D eigenvalue weighted by Crippen LogP contribution is 2.14. The largest absolute Gasteiger partial charge is 0.339 e. The number of rotatable bonds is 5. The molecule has 104 valence electrons. The molecule has 0 spiro atoms. The lowest BCUT2D eigenvalue weighted by molar-refractivity contribution is 0.375. The molecule has 0 aliphatic heterocycles. The molecule has 0 bridgehead atoms. The van der Waals surface area contributed by atoms with Crippen molar-refractivity contribution in [2.24, 2.45) is 5.73 Å². The van der Waals surface area contributed by atoms with Gasteiger partial charge in [0.15, 0.2) is 15.7 Å². The second-order valence-corrected chi connectivity index (χ2v) is 5.70. The van der Waals surface area contributed by atoms with Gasteiger partial charge in [-0.15, -0.1) is 12.4 Å². The molecule has 0 aliphatic rings. The van der Waals surface area contributed by atoms with Crippen LogP contribution >= 0.6 is 12.4 Å². The second kappa shape index (κ2) is 6.65. The Labute approximate surface area is 117 Å². The maximum atomic E-state index is 12.0. The minimum absolute atomic E-state index is 0. The summed E-state index contributed by atoms with van der Waals surface area (Å²) in [5.41, 5.74) is 5.34. The summed E-state index contributed by atoms with van der Waals surface area (Å²) in [6.07, 6.45) is 0.443. The van der Waals surface area contributed by atoms with Crippen LogP contribution in [0.15, 0.2) is 39.8 Å². The normalized spacial score (nSPS) is 11.0. The maximum Gasteiger partial charge on any atom is 0.227 e. The van der Waals surface area contributed by atoms with Crippen LogP contribution in [0.3, 0.4) is 0 Å². The predicted molar refractivity (Wildman–Crippen MR) is 71.6 cm³/mol. The van der Waals surface area contributed by atoms with Crippen molar-refractivity contribution in [3.63, 3.8) is 0 Å². The van der Waals surface area contributed by atoms with Crippen LogP contribution in [-0.2, 0) is 22.0 Å². The highest BCUT2D eigenvalue weighted by atomic mass is 35.5. The molecule has 1 heterocycles. The standard InChI is InChI=1S/C11H13N3O3S.ClH/c12-7-6-11-13-10(14-17-11)8-18(15,16)9-4-2-1-3-5-9;/h1-5H,6-8,12H2;1H. The summed E-state index contributed by atoms with van der Waals surface area (Å²) in [6, 6.07) is 8.17. The van der Waals surface area contributed by atoms with Gasteiger partial charge in [-0.2, -0.15) is 4.98 Å². The van der Waals surface area contributed by atoms with Crippen LogP contribution in [0.4, 0.5) is 0 Å². The van der Waals surface area contributed by atoms with Gasteiger partial charge in [0.25, 0.3) is 0 Å². The van der Waals surface area contributed by atoms with Crippen molar-refractivity contribution in [1.82, 2.24) is 10.1 Å². The SMILES string of the molecule is Cl.NCCc1nc(CS(=O)(=O)c2ccccc2)no1. The van der Waals surface area contributed by atoms with Crippen LogP contribution in [0.1, 0.15) is 11.7 Å². The van der Waals surface area contributed by atoms with E-state index in [1.165, 1.54) is 12.1 Å². The fourth-order valence-corrected chi connectivity index (χ4v) is 2.65. The van der Waals surface area contributed by atoms with Gasteiger partial charge in [-0.3, -0.25) is 0 Å². The number of aromatic nitrogens is 2. The Morgan fingerprint density at radius 3 is 2.53 bits per heavy atom. The van der Waals surface area contributed by atoms with Crippen LogP contribution < -0.4 is 5.73 Å². The van der Waals surface area contributed by atoms with Crippen molar-refractivity contribution >= 4 is 22.2 Å². The first-order chi connectivity index (χ1) is 8.62. The van der Waals surface area contributed by atoms with Gasteiger partial charge in [0.1, 0.15) is 5.75 Å².